The highest BCUT2D eigenvalue weighted by Crippen LogP contribution is 2.24. The molecule has 1 heterocycles. The standard InChI is InChI=1S/C15H17BrN4/c1-10-6-13(16)15(19-8-10)20(2)9-11-4-3-5-12(7-11)14(17)18/h3-8H,9H2,1-2H3,(H3,17,18). The van der Waals surface area contributed by atoms with Gasteiger partial charge in [-0.25, -0.2) is 4.98 Å². The molecule has 0 saturated carbocycles. The van der Waals surface area contributed by atoms with Crippen LogP contribution < -0.4 is 10.6 Å². The lowest BCUT2D eigenvalue weighted by Gasteiger charge is -2.20. The van der Waals surface area contributed by atoms with E-state index in [1.54, 1.807) is 0 Å². The van der Waals surface area contributed by atoms with E-state index in [1.165, 1.54) is 0 Å². The maximum Gasteiger partial charge on any atom is 0.142 e. The second-order valence-electron chi connectivity index (χ2n) is 4.79. The van der Waals surface area contributed by atoms with Gasteiger partial charge >= 0.3 is 0 Å². The molecular weight excluding hydrogens is 316 g/mol. The summed E-state index contributed by atoms with van der Waals surface area (Å²) in [4.78, 5) is 6.50. The Labute approximate surface area is 127 Å². The number of halogens is 1. The van der Waals surface area contributed by atoms with Gasteiger partial charge in [-0.3, -0.25) is 5.41 Å². The number of nitrogens with one attached hydrogen (secondary N) is 1. The first kappa shape index (κ1) is 14.5. The monoisotopic (exact) mass is 332 g/mol. The molecule has 0 unspecified atom stereocenters. The quantitative estimate of drug-likeness (QED) is 0.667. The SMILES string of the molecule is Cc1cnc(N(C)Cc2cccc(C(=N)N)c2)c(Br)c1. The molecule has 20 heavy (non-hydrogen) atoms. The maximum atomic E-state index is 7.48. The number of amidine groups is 1. The van der Waals surface area contributed by atoms with Gasteiger partial charge in [0.2, 0.25) is 0 Å². The van der Waals surface area contributed by atoms with E-state index in [1.807, 2.05) is 50.5 Å². The largest absolute Gasteiger partial charge is 0.384 e. The van der Waals surface area contributed by atoms with Gasteiger partial charge in [-0.1, -0.05) is 18.2 Å². The second-order valence-corrected chi connectivity index (χ2v) is 5.64. The predicted molar refractivity (Wildman–Crippen MR) is 86.2 cm³/mol. The third-order valence-electron chi connectivity index (χ3n) is 2.98. The minimum atomic E-state index is 0.0872. The van der Waals surface area contributed by atoms with Crippen LogP contribution in [-0.2, 0) is 6.54 Å². The van der Waals surface area contributed by atoms with Crippen LogP contribution in [0.15, 0.2) is 41.0 Å². The van der Waals surface area contributed by atoms with E-state index in [9.17, 15) is 0 Å². The fraction of sp³-hybridized carbons (Fsp3) is 0.200. The van der Waals surface area contributed by atoms with Crippen molar-refractivity contribution in [2.45, 2.75) is 13.5 Å². The Bertz CT molecular complexity index is 640. The number of nitrogens with zero attached hydrogens (tertiary/aromatic N) is 2. The van der Waals surface area contributed by atoms with E-state index >= 15 is 0 Å². The van der Waals surface area contributed by atoms with Gasteiger partial charge in [0.1, 0.15) is 11.7 Å². The number of rotatable bonds is 4. The van der Waals surface area contributed by atoms with Crippen LogP contribution in [0.3, 0.4) is 0 Å². The second kappa shape index (κ2) is 6.05. The smallest absolute Gasteiger partial charge is 0.142 e. The highest BCUT2D eigenvalue weighted by atomic mass is 79.9. The normalized spacial score (nSPS) is 10.3. The first-order chi connectivity index (χ1) is 9.47. The molecule has 2 aromatic rings. The predicted octanol–water partition coefficient (Wildman–Crippen LogP) is 3.07. The lowest BCUT2D eigenvalue weighted by molar-refractivity contribution is 0.892. The van der Waals surface area contributed by atoms with Gasteiger partial charge in [-0.2, -0.15) is 0 Å². The summed E-state index contributed by atoms with van der Waals surface area (Å²) in [5.41, 5.74) is 8.47. The molecule has 0 radical (unpaired) electrons. The van der Waals surface area contributed by atoms with Crippen LogP contribution in [-0.4, -0.2) is 17.9 Å². The first-order valence-corrected chi connectivity index (χ1v) is 7.03. The van der Waals surface area contributed by atoms with Crippen molar-refractivity contribution in [1.82, 2.24) is 4.98 Å². The topological polar surface area (TPSA) is 66.0 Å². The summed E-state index contributed by atoms with van der Waals surface area (Å²) in [6, 6.07) is 9.75. The van der Waals surface area contributed by atoms with Gasteiger partial charge in [0.15, 0.2) is 0 Å². The number of hydrogen-bond acceptors (Lipinski definition) is 3. The lowest BCUT2D eigenvalue weighted by Crippen LogP contribution is -2.19. The lowest BCUT2D eigenvalue weighted by atomic mass is 10.1. The average molecular weight is 333 g/mol. The van der Waals surface area contributed by atoms with Crippen molar-refractivity contribution in [3.05, 3.63) is 57.7 Å². The summed E-state index contributed by atoms with van der Waals surface area (Å²) in [6.45, 7) is 2.72. The van der Waals surface area contributed by atoms with Crippen molar-refractivity contribution in [3.63, 3.8) is 0 Å². The van der Waals surface area contributed by atoms with Gasteiger partial charge in [-0.15, -0.1) is 0 Å². The highest BCUT2D eigenvalue weighted by molar-refractivity contribution is 9.10. The molecule has 0 aliphatic rings. The van der Waals surface area contributed by atoms with Crippen molar-refractivity contribution < 1.29 is 0 Å². The van der Waals surface area contributed by atoms with Crippen LogP contribution in [0.1, 0.15) is 16.7 Å². The number of aryl methyl sites for hydroxylation is 1. The molecule has 0 aliphatic heterocycles. The molecule has 0 bridgehead atoms. The number of nitrogens with two attached hydrogens (primary N) is 1. The Morgan fingerprint density at radius 2 is 2.15 bits per heavy atom. The molecule has 0 aliphatic carbocycles. The molecule has 0 fully saturated rings. The number of nitrogen functional groups attached to an aromatic ring is 1. The van der Waals surface area contributed by atoms with E-state index in [2.05, 4.69) is 25.8 Å². The van der Waals surface area contributed by atoms with Crippen molar-refractivity contribution in [2.24, 2.45) is 5.73 Å². The third kappa shape index (κ3) is 3.36. The Morgan fingerprint density at radius 3 is 2.80 bits per heavy atom. The van der Waals surface area contributed by atoms with Gasteiger partial charge in [-0.05, 0) is 46.1 Å². The number of hydrogen-bond donors (Lipinski definition) is 2. The van der Waals surface area contributed by atoms with Gasteiger partial charge < -0.3 is 10.6 Å². The van der Waals surface area contributed by atoms with E-state index in [0.29, 0.717) is 6.54 Å². The van der Waals surface area contributed by atoms with Crippen LogP contribution in [0.25, 0.3) is 0 Å². The number of pyridine rings is 1. The summed E-state index contributed by atoms with van der Waals surface area (Å²) in [5, 5.41) is 7.48. The summed E-state index contributed by atoms with van der Waals surface area (Å²) in [7, 11) is 1.99. The Morgan fingerprint density at radius 1 is 1.40 bits per heavy atom. The maximum absolute atomic E-state index is 7.48. The molecule has 1 aromatic carbocycles. The molecule has 3 N–H and O–H groups in total. The van der Waals surface area contributed by atoms with Gasteiger partial charge in [0.25, 0.3) is 0 Å². The van der Waals surface area contributed by atoms with Crippen molar-refractivity contribution in [3.8, 4) is 0 Å². The molecule has 0 amide bonds. The minimum Gasteiger partial charge on any atom is -0.384 e. The fourth-order valence-corrected chi connectivity index (χ4v) is 2.76. The Kier molecular flexibility index (Phi) is 4.39. The van der Waals surface area contributed by atoms with E-state index in [0.717, 1.165) is 27.0 Å². The van der Waals surface area contributed by atoms with Gasteiger partial charge in [0.05, 0.1) is 4.47 Å². The summed E-state index contributed by atoms with van der Waals surface area (Å²) >= 11 is 3.54. The molecule has 0 saturated heterocycles. The molecule has 0 atom stereocenters. The van der Waals surface area contributed by atoms with Crippen LogP contribution in [0.5, 0.6) is 0 Å². The Balaban J connectivity index is 2.21. The van der Waals surface area contributed by atoms with Crippen LogP contribution in [0.2, 0.25) is 0 Å². The summed E-state index contributed by atoms with van der Waals surface area (Å²) in [6.07, 6.45) is 1.85. The van der Waals surface area contributed by atoms with Gasteiger partial charge in [0, 0.05) is 25.4 Å². The molecule has 4 nitrogen and oxygen atoms in total. The summed E-state index contributed by atoms with van der Waals surface area (Å²) in [5.74, 6) is 0.980. The molecule has 0 spiro atoms. The zero-order valence-corrected chi connectivity index (χ0v) is 13.1. The zero-order chi connectivity index (χ0) is 14.7. The molecule has 1 aromatic heterocycles. The van der Waals surface area contributed by atoms with Crippen LogP contribution in [0.4, 0.5) is 5.82 Å². The summed E-state index contributed by atoms with van der Waals surface area (Å²) < 4.78 is 0.975. The third-order valence-corrected chi connectivity index (χ3v) is 3.56. The van der Waals surface area contributed by atoms with E-state index in [4.69, 9.17) is 11.1 Å². The number of anilines is 1. The molecule has 2 rings (SSSR count). The fourth-order valence-electron chi connectivity index (χ4n) is 1.99. The Hall–Kier alpha value is -1.88. The van der Waals surface area contributed by atoms with Crippen molar-refractivity contribution in [1.29, 1.82) is 5.41 Å². The number of aromatic nitrogens is 1. The number of benzene rings is 1. The van der Waals surface area contributed by atoms with Crippen LogP contribution in [0, 0.1) is 12.3 Å². The van der Waals surface area contributed by atoms with Crippen molar-refractivity contribution in [2.75, 3.05) is 11.9 Å². The van der Waals surface area contributed by atoms with E-state index < -0.39 is 0 Å². The highest BCUT2D eigenvalue weighted by Gasteiger charge is 2.09. The molecule has 104 valence electrons. The minimum absolute atomic E-state index is 0.0872. The average Bonchev–Trinajstić information content (AvgIpc) is 2.38. The van der Waals surface area contributed by atoms with Crippen LogP contribution >= 0.6 is 15.9 Å². The molecule has 5 heteroatoms. The first-order valence-electron chi connectivity index (χ1n) is 6.24. The van der Waals surface area contributed by atoms with E-state index in [-0.39, 0.29) is 5.84 Å². The molecular formula is C15H17BrN4. The zero-order valence-electron chi connectivity index (χ0n) is 11.5. The van der Waals surface area contributed by atoms with Crippen molar-refractivity contribution >= 4 is 27.6 Å².